The number of carbonyl (C=O) groups excluding carboxylic acids is 1. The van der Waals surface area contributed by atoms with Crippen molar-refractivity contribution >= 4 is 21.8 Å². The first-order valence-corrected chi connectivity index (χ1v) is 7.53. The first-order valence-electron chi connectivity index (χ1n) is 6.41. The van der Waals surface area contributed by atoms with Gasteiger partial charge in [0.15, 0.2) is 0 Å². The predicted molar refractivity (Wildman–Crippen MR) is 77.2 cm³/mol. The van der Waals surface area contributed by atoms with Crippen LogP contribution >= 0.6 is 15.9 Å². The Morgan fingerprint density at radius 2 is 2.21 bits per heavy atom. The quantitative estimate of drug-likeness (QED) is 0.751. The van der Waals surface area contributed by atoms with Gasteiger partial charge < -0.3 is 10.4 Å². The van der Waals surface area contributed by atoms with Crippen LogP contribution in [-0.4, -0.2) is 22.9 Å². The van der Waals surface area contributed by atoms with Crippen LogP contribution in [0.3, 0.4) is 0 Å². The van der Waals surface area contributed by atoms with Gasteiger partial charge in [-0.3, -0.25) is 4.79 Å². The maximum absolute atomic E-state index is 12.8. The lowest BCUT2D eigenvalue weighted by molar-refractivity contribution is 0.0943. The van der Waals surface area contributed by atoms with Gasteiger partial charge in [-0.2, -0.15) is 0 Å². The third kappa shape index (κ3) is 5.19. The minimum atomic E-state index is -0.558. The second kappa shape index (κ2) is 8.15. The van der Waals surface area contributed by atoms with Crippen molar-refractivity contribution in [1.29, 1.82) is 0 Å². The molecule has 0 aliphatic carbocycles. The molecule has 106 valence electrons. The number of halogens is 2. The number of rotatable bonds is 7. The maximum atomic E-state index is 12.8. The van der Waals surface area contributed by atoms with Crippen LogP contribution in [0.1, 0.15) is 36.5 Å². The zero-order chi connectivity index (χ0) is 14.3. The molecule has 19 heavy (non-hydrogen) atoms. The summed E-state index contributed by atoms with van der Waals surface area (Å²) in [5.41, 5.74) is 0.107. The monoisotopic (exact) mass is 331 g/mol. The molecule has 3 nitrogen and oxygen atoms in total. The number of hydrogen-bond donors (Lipinski definition) is 2. The highest BCUT2D eigenvalue weighted by Gasteiger charge is 2.14. The van der Waals surface area contributed by atoms with E-state index in [0.29, 0.717) is 12.5 Å². The van der Waals surface area contributed by atoms with E-state index in [4.69, 9.17) is 0 Å². The third-order valence-electron chi connectivity index (χ3n) is 2.97. The zero-order valence-corrected chi connectivity index (χ0v) is 12.5. The van der Waals surface area contributed by atoms with E-state index in [0.717, 1.165) is 36.7 Å². The molecule has 0 aliphatic rings. The summed E-state index contributed by atoms with van der Waals surface area (Å²) < 4.78 is 12.8. The lowest BCUT2D eigenvalue weighted by atomic mass is 10.0. The molecule has 0 fully saturated rings. The number of hydrogen-bond acceptors (Lipinski definition) is 2. The van der Waals surface area contributed by atoms with Gasteiger partial charge in [-0.1, -0.05) is 29.3 Å². The molecule has 1 rings (SSSR count). The Hall–Kier alpha value is -1.10. The van der Waals surface area contributed by atoms with E-state index in [2.05, 4.69) is 28.2 Å². The first kappa shape index (κ1) is 16.0. The average Bonchev–Trinajstić information content (AvgIpc) is 2.36. The highest BCUT2D eigenvalue weighted by atomic mass is 79.9. The van der Waals surface area contributed by atoms with Gasteiger partial charge in [0, 0.05) is 17.9 Å². The number of amides is 1. The van der Waals surface area contributed by atoms with Crippen LogP contribution < -0.4 is 5.32 Å². The summed E-state index contributed by atoms with van der Waals surface area (Å²) in [4.78, 5) is 11.9. The minimum Gasteiger partial charge on any atom is -0.507 e. The zero-order valence-electron chi connectivity index (χ0n) is 11.0. The van der Waals surface area contributed by atoms with E-state index in [1.165, 1.54) is 6.07 Å². The Bertz CT molecular complexity index is 420. The summed E-state index contributed by atoms with van der Waals surface area (Å²) >= 11 is 3.40. The van der Waals surface area contributed by atoms with E-state index in [1.807, 2.05) is 0 Å². The molecular formula is C14H19BrFNO2. The molecule has 0 aliphatic heterocycles. The van der Waals surface area contributed by atoms with E-state index >= 15 is 0 Å². The molecule has 1 unspecified atom stereocenters. The van der Waals surface area contributed by atoms with Crippen LogP contribution in [0.2, 0.25) is 0 Å². The lowest BCUT2D eigenvalue weighted by Crippen LogP contribution is -2.29. The standard InChI is InChI=1S/C14H19BrFNO2/c1-2-3-10(6-7-15)9-17-14(19)12-5-4-11(16)8-13(12)18/h4-5,8,10,18H,2-3,6-7,9H2,1H3,(H,17,19). The number of alkyl halides is 1. The Morgan fingerprint density at radius 1 is 1.47 bits per heavy atom. The van der Waals surface area contributed by atoms with Crippen molar-refractivity contribution in [2.75, 3.05) is 11.9 Å². The van der Waals surface area contributed by atoms with Gasteiger partial charge in [-0.25, -0.2) is 4.39 Å². The van der Waals surface area contributed by atoms with Crippen LogP contribution in [0.5, 0.6) is 5.75 Å². The van der Waals surface area contributed by atoms with Gasteiger partial charge in [0.2, 0.25) is 0 Å². The fourth-order valence-electron chi connectivity index (χ4n) is 1.94. The Kier molecular flexibility index (Phi) is 6.84. The van der Waals surface area contributed by atoms with Crippen molar-refractivity contribution in [2.24, 2.45) is 5.92 Å². The van der Waals surface area contributed by atoms with Crippen LogP contribution in [0.25, 0.3) is 0 Å². The van der Waals surface area contributed by atoms with Crippen molar-refractivity contribution in [3.8, 4) is 5.75 Å². The molecule has 1 amide bonds. The van der Waals surface area contributed by atoms with Crippen LogP contribution in [-0.2, 0) is 0 Å². The Morgan fingerprint density at radius 3 is 2.79 bits per heavy atom. The number of phenols is 1. The fraction of sp³-hybridized carbons (Fsp3) is 0.500. The largest absolute Gasteiger partial charge is 0.507 e. The topological polar surface area (TPSA) is 49.3 Å². The molecule has 0 saturated heterocycles. The smallest absolute Gasteiger partial charge is 0.255 e. The van der Waals surface area contributed by atoms with Crippen molar-refractivity contribution < 1.29 is 14.3 Å². The molecule has 0 aromatic heterocycles. The number of carbonyl (C=O) groups is 1. The summed E-state index contributed by atoms with van der Waals surface area (Å²) in [5.74, 6) is -0.841. The first-order chi connectivity index (χ1) is 9.08. The summed E-state index contributed by atoms with van der Waals surface area (Å²) in [6.45, 7) is 2.67. The summed E-state index contributed by atoms with van der Waals surface area (Å²) in [5, 5.41) is 13.2. The molecule has 0 saturated carbocycles. The summed E-state index contributed by atoms with van der Waals surface area (Å²) in [6.07, 6.45) is 3.10. The van der Waals surface area contributed by atoms with Gasteiger partial charge in [0.25, 0.3) is 5.91 Å². The highest BCUT2D eigenvalue weighted by molar-refractivity contribution is 9.09. The van der Waals surface area contributed by atoms with E-state index in [1.54, 1.807) is 0 Å². The SMILES string of the molecule is CCCC(CCBr)CNC(=O)c1ccc(F)cc1O. The molecule has 1 aromatic carbocycles. The van der Waals surface area contributed by atoms with E-state index in [-0.39, 0.29) is 17.2 Å². The molecule has 2 N–H and O–H groups in total. The second-order valence-corrected chi connectivity index (χ2v) is 5.30. The number of nitrogens with one attached hydrogen (secondary N) is 1. The molecule has 0 spiro atoms. The second-order valence-electron chi connectivity index (χ2n) is 4.50. The van der Waals surface area contributed by atoms with Gasteiger partial charge >= 0.3 is 0 Å². The Balaban J connectivity index is 2.58. The van der Waals surface area contributed by atoms with E-state index < -0.39 is 5.82 Å². The lowest BCUT2D eigenvalue weighted by Gasteiger charge is -2.15. The van der Waals surface area contributed by atoms with Crippen molar-refractivity contribution in [3.63, 3.8) is 0 Å². The normalized spacial score (nSPS) is 12.2. The van der Waals surface area contributed by atoms with Gasteiger partial charge in [0.05, 0.1) is 5.56 Å². The molecule has 1 atom stereocenters. The van der Waals surface area contributed by atoms with Crippen molar-refractivity contribution in [3.05, 3.63) is 29.6 Å². The minimum absolute atomic E-state index is 0.107. The summed E-state index contributed by atoms with van der Waals surface area (Å²) in [6, 6.07) is 3.40. The fourth-order valence-corrected chi connectivity index (χ4v) is 2.59. The van der Waals surface area contributed by atoms with E-state index in [9.17, 15) is 14.3 Å². The molecular weight excluding hydrogens is 313 g/mol. The number of benzene rings is 1. The van der Waals surface area contributed by atoms with Gasteiger partial charge in [0.1, 0.15) is 11.6 Å². The third-order valence-corrected chi connectivity index (χ3v) is 3.43. The summed E-state index contributed by atoms with van der Waals surface area (Å²) in [7, 11) is 0. The average molecular weight is 332 g/mol. The van der Waals surface area contributed by atoms with Gasteiger partial charge in [-0.15, -0.1) is 0 Å². The predicted octanol–water partition coefficient (Wildman–Crippen LogP) is 3.46. The van der Waals surface area contributed by atoms with Crippen molar-refractivity contribution in [1.82, 2.24) is 5.32 Å². The number of aromatic hydroxyl groups is 1. The maximum Gasteiger partial charge on any atom is 0.255 e. The Labute approximate surface area is 121 Å². The van der Waals surface area contributed by atoms with Gasteiger partial charge in [-0.05, 0) is 30.9 Å². The van der Waals surface area contributed by atoms with Crippen LogP contribution in [0, 0.1) is 11.7 Å². The highest BCUT2D eigenvalue weighted by Crippen LogP contribution is 2.18. The molecule has 0 heterocycles. The van der Waals surface area contributed by atoms with Crippen molar-refractivity contribution in [2.45, 2.75) is 26.2 Å². The number of phenolic OH excluding ortho intramolecular Hbond substituents is 1. The molecule has 0 radical (unpaired) electrons. The van der Waals surface area contributed by atoms with Crippen LogP contribution in [0.4, 0.5) is 4.39 Å². The molecule has 0 bridgehead atoms. The molecule has 5 heteroatoms. The molecule has 1 aromatic rings. The van der Waals surface area contributed by atoms with Crippen LogP contribution in [0.15, 0.2) is 18.2 Å².